The zero-order valence-electron chi connectivity index (χ0n) is 7.38. The summed E-state index contributed by atoms with van der Waals surface area (Å²) >= 11 is 0. The lowest BCUT2D eigenvalue weighted by molar-refractivity contribution is 0.181. The highest BCUT2D eigenvalue weighted by molar-refractivity contribution is 5.23. The fourth-order valence-electron chi connectivity index (χ4n) is 3.92. The van der Waals surface area contributed by atoms with Gasteiger partial charge in [0.25, 0.3) is 0 Å². The van der Waals surface area contributed by atoms with E-state index in [1.54, 1.807) is 0 Å². The van der Waals surface area contributed by atoms with Crippen LogP contribution in [0, 0.1) is 29.1 Å². The second kappa shape index (κ2) is 1.57. The Labute approximate surface area is 68.7 Å². The minimum absolute atomic E-state index is 0.698. The van der Waals surface area contributed by atoms with Gasteiger partial charge in [0, 0.05) is 0 Å². The molecule has 0 aliphatic heterocycles. The van der Waals surface area contributed by atoms with E-state index < -0.39 is 0 Å². The van der Waals surface area contributed by atoms with Crippen LogP contribution in [0.4, 0.5) is 0 Å². The van der Waals surface area contributed by atoms with Gasteiger partial charge in [-0.25, -0.2) is 0 Å². The minimum Gasteiger partial charge on any atom is -0.0848 e. The summed E-state index contributed by atoms with van der Waals surface area (Å²) in [5.41, 5.74) is 0.698. The molecule has 3 aliphatic rings. The third-order valence-corrected chi connectivity index (χ3v) is 4.77. The van der Waals surface area contributed by atoms with Crippen molar-refractivity contribution in [1.82, 2.24) is 0 Å². The molecule has 3 rings (SSSR count). The first-order valence-electron chi connectivity index (χ1n) is 4.90. The van der Waals surface area contributed by atoms with E-state index in [1.807, 2.05) is 0 Å². The summed E-state index contributed by atoms with van der Waals surface area (Å²) in [7, 11) is 0. The second-order valence-corrected chi connectivity index (χ2v) is 5.09. The average Bonchev–Trinajstić information content (AvgIpc) is 2.50. The fraction of sp³-hybridized carbons (Fsp3) is 0.818. The van der Waals surface area contributed by atoms with Gasteiger partial charge in [-0.2, -0.15) is 0 Å². The van der Waals surface area contributed by atoms with Crippen LogP contribution in [0.3, 0.4) is 0 Å². The van der Waals surface area contributed by atoms with Gasteiger partial charge < -0.3 is 0 Å². The van der Waals surface area contributed by atoms with E-state index in [1.165, 1.54) is 12.8 Å². The van der Waals surface area contributed by atoms with Crippen LogP contribution in [0.1, 0.15) is 26.7 Å². The molecule has 2 unspecified atom stereocenters. The van der Waals surface area contributed by atoms with Gasteiger partial charge in [-0.15, -0.1) is 0 Å². The Kier molecular flexibility index (Phi) is 0.898. The lowest BCUT2D eigenvalue weighted by Crippen LogP contribution is -2.26. The second-order valence-electron chi connectivity index (χ2n) is 5.09. The van der Waals surface area contributed by atoms with Crippen molar-refractivity contribution < 1.29 is 0 Å². The molecule has 0 N–H and O–H groups in total. The van der Waals surface area contributed by atoms with Crippen LogP contribution in [0.25, 0.3) is 0 Å². The predicted octanol–water partition coefficient (Wildman–Crippen LogP) is 2.85. The summed E-state index contributed by atoms with van der Waals surface area (Å²) in [5, 5.41) is 0. The topological polar surface area (TPSA) is 0 Å². The Bertz CT molecular complexity index is 228. The van der Waals surface area contributed by atoms with Gasteiger partial charge in [-0.1, -0.05) is 26.0 Å². The first-order chi connectivity index (χ1) is 5.22. The third kappa shape index (κ3) is 0.513. The van der Waals surface area contributed by atoms with Crippen molar-refractivity contribution in [3.8, 4) is 0 Å². The zero-order chi connectivity index (χ0) is 7.64. The summed E-state index contributed by atoms with van der Waals surface area (Å²) < 4.78 is 0. The maximum atomic E-state index is 2.51. The van der Waals surface area contributed by atoms with Gasteiger partial charge >= 0.3 is 0 Å². The molecule has 0 aromatic rings. The standard InChI is InChI=1S/C11H16/c1-7-5-9-8-3-4-10(9)11(7,2)6-8/h3-4,7-10H,5-6H2,1-2H3/t7-,8+,9?,10-,11?/m1/s1. The number of hydrogen-bond donors (Lipinski definition) is 0. The van der Waals surface area contributed by atoms with Crippen molar-refractivity contribution in [2.75, 3.05) is 0 Å². The van der Waals surface area contributed by atoms with Gasteiger partial charge in [-0.3, -0.25) is 0 Å². The largest absolute Gasteiger partial charge is 0.0848 e. The van der Waals surface area contributed by atoms with Crippen molar-refractivity contribution in [2.45, 2.75) is 26.7 Å². The Morgan fingerprint density at radius 3 is 2.73 bits per heavy atom. The quantitative estimate of drug-likeness (QED) is 0.463. The number of allylic oxidation sites excluding steroid dienone is 2. The van der Waals surface area contributed by atoms with Crippen molar-refractivity contribution >= 4 is 0 Å². The molecule has 4 bridgehead atoms. The van der Waals surface area contributed by atoms with Crippen molar-refractivity contribution in [1.29, 1.82) is 0 Å². The monoisotopic (exact) mass is 148 g/mol. The molecule has 0 saturated heterocycles. The van der Waals surface area contributed by atoms with Crippen LogP contribution in [-0.4, -0.2) is 0 Å². The van der Waals surface area contributed by atoms with Gasteiger partial charge in [-0.05, 0) is 41.9 Å². The molecule has 60 valence electrons. The molecule has 5 atom stereocenters. The highest BCUT2D eigenvalue weighted by Crippen LogP contribution is 2.67. The van der Waals surface area contributed by atoms with E-state index in [0.29, 0.717) is 5.41 Å². The van der Waals surface area contributed by atoms with Gasteiger partial charge in [0.05, 0.1) is 0 Å². The van der Waals surface area contributed by atoms with Crippen LogP contribution in [0.15, 0.2) is 12.2 Å². The van der Waals surface area contributed by atoms with Crippen LogP contribution in [0.2, 0.25) is 0 Å². The van der Waals surface area contributed by atoms with E-state index in [4.69, 9.17) is 0 Å². The van der Waals surface area contributed by atoms with E-state index in [9.17, 15) is 0 Å². The van der Waals surface area contributed by atoms with E-state index in [-0.39, 0.29) is 0 Å². The normalized spacial score (nSPS) is 64.5. The molecule has 3 aliphatic carbocycles. The van der Waals surface area contributed by atoms with Crippen LogP contribution < -0.4 is 0 Å². The SMILES string of the molecule is C[C@@H]1CC2[C@H]3C=C[C@H]2CC13C. The summed E-state index contributed by atoms with van der Waals surface area (Å²) in [4.78, 5) is 0. The maximum Gasteiger partial charge on any atom is -0.0143 e. The van der Waals surface area contributed by atoms with Crippen LogP contribution >= 0.6 is 0 Å². The smallest absolute Gasteiger partial charge is 0.0143 e. The fourth-order valence-corrected chi connectivity index (χ4v) is 3.92. The maximum absolute atomic E-state index is 2.51. The van der Waals surface area contributed by atoms with Crippen LogP contribution in [-0.2, 0) is 0 Å². The molecule has 0 heteroatoms. The molecule has 0 spiro atoms. The van der Waals surface area contributed by atoms with Crippen molar-refractivity contribution in [2.24, 2.45) is 29.1 Å². The molecule has 2 saturated carbocycles. The van der Waals surface area contributed by atoms with Crippen molar-refractivity contribution in [3.63, 3.8) is 0 Å². The average molecular weight is 148 g/mol. The van der Waals surface area contributed by atoms with Crippen molar-refractivity contribution in [3.05, 3.63) is 12.2 Å². The Balaban J connectivity index is 2.10. The minimum atomic E-state index is 0.698. The molecule has 0 nitrogen and oxygen atoms in total. The highest BCUT2D eigenvalue weighted by atomic mass is 14.6. The molecular formula is C11H16. The summed E-state index contributed by atoms with van der Waals surface area (Å²) in [6.07, 6.45) is 7.96. The molecule has 0 heterocycles. The molecule has 0 radical (unpaired) electrons. The van der Waals surface area contributed by atoms with E-state index in [2.05, 4.69) is 26.0 Å². The first kappa shape index (κ1) is 6.28. The summed E-state index contributed by atoms with van der Waals surface area (Å²) in [5.74, 6) is 3.97. The molecule has 0 aromatic carbocycles. The molecule has 2 fully saturated rings. The van der Waals surface area contributed by atoms with Gasteiger partial charge in [0.1, 0.15) is 0 Å². The molecule has 0 aromatic heterocycles. The molecule has 11 heavy (non-hydrogen) atoms. The third-order valence-electron chi connectivity index (χ3n) is 4.77. The lowest BCUT2D eigenvalue weighted by Gasteiger charge is -2.34. The Morgan fingerprint density at radius 1 is 1.36 bits per heavy atom. The lowest BCUT2D eigenvalue weighted by atomic mass is 9.70. The molecule has 0 amide bonds. The Hall–Kier alpha value is -0.260. The highest BCUT2D eigenvalue weighted by Gasteiger charge is 2.59. The van der Waals surface area contributed by atoms with Crippen LogP contribution in [0.5, 0.6) is 0 Å². The Morgan fingerprint density at radius 2 is 2.18 bits per heavy atom. The van der Waals surface area contributed by atoms with Gasteiger partial charge in [0.2, 0.25) is 0 Å². The first-order valence-corrected chi connectivity index (χ1v) is 4.90. The predicted molar refractivity (Wildman–Crippen MR) is 46.1 cm³/mol. The number of rotatable bonds is 0. The number of hydrogen-bond acceptors (Lipinski definition) is 0. The van der Waals surface area contributed by atoms with E-state index in [0.717, 1.165) is 23.7 Å². The van der Waals surface area contributed by atoms with E-state index >= 15 is 0 Å². The van der Waals surface area contributed by atoms with Gasteiger partial charge in [0.15, 0.2) is 0 Å². The zero-order valence-corrected chi connectivity index (χ0v) is 7.38. The summed E-state index contributed by atoms with van der Waals surface area (Å²) in [6.45, 7) is 4.95. The summed E-state index contributed by atoms with van der Waals surface area (Å²) in [6, 6.07) is 0. The molecular weight excluding hydrogens is 132 g/mol.